The number of benzene rings is 1. The molecule has 1 aromatic heterocycles. The minimum absolute atomic E-state index is 0.0775. The summed E-state index contributed by atoms with van der Waals surface area (Å²) in [6, 6.07) is 7.34. The number of hydrogen-bond acceptors (Lipinski definition) is 6. The molecule has 7 nitrogen and oxygen atoms in total. The largest absolute Gasteiger partial charge is 0.378 e. The molecule has 0 unspecified atom stereocenters. The fourth-order valence-electron chi connectivity index (χ4n) is 1.33. The molecule has 0 atom stereocenters. The monoisotopic (exact) mass is 357 g/mol. The maximum absolute atomic E-state index is 10.9. The lowest BCUT2D eigenvalue weighted by Crippen LogP contribution is -2.04. The topological polar surface area (TPSA) is 107 Å². The van der Waals surface area contributed by atoms with Crippen LogP contribution in [0.3, 0.4) is 0 Å². The van der Waals surface area contributed by atoms with E-state index >= 15 is 0 Å². The lowest BCUT2D eigenvalue weighted by Gasteiger charge is -2.06. The van der Waals surface area contributed by atoms with Crippen molar-refractivity contribution in [3.63, 3.8) is 0 Å². The van der Waals surface area contributed by atoms with Crippen molar-refractivity contribution < 1.29 is 4.92 Å². The predicted octanol–water partition coefficient (Wildman–Crippen LogP) is 2.32. The summed E-state index contributed by atoms with van der Waals surface area (Å²) in [6.07, 6.45) is 1.18. The fourth-order valence-corrected chi connectivity index (χ4v) is 1.69. The molecule has 0 spiro atoms. The number of nitro groups is 1. The van der Waals surface area contributed by atoms with Gasteiger partial charge in [-0.3, -0.25) is 10.1 Å². The quantitative estimate of drug-likeness (QED) is 0.496. The van der Waals surface area contributed by atoms with Crippen LogP contribution in [0.5, 0.6) is 0 Å². The van der Waals surface area contributed by atoms with Crippen molar-refractivity contribution in [3.8, 4) is 0 Å². The van der Waals surface area contributed by atoms with Crippen LogP contribution >= 0.6 is 22.6 Å². The number of hydrogen-bond donors (Lipinski definition) is 2. The minimum Gasteiger partial charge on any atom is -0.378 e. The third kappa shape index (κ3) is 2.64. The SMILES string of the molecule is Nc1ncnc(Nc2ccc(I)cc2)c1[N+](=O)[O-]. The van der Waals surface area contributed by atoms with Gasteiger partial charge >= 0.3 is 5.69 Å². The normalized spacial score (nSPS) is 10.1. The zero-order chi connectivity index (χ0) is 13.1. The summed E-state index contributed by atoms with van der Waals surface area (Å²) in [5, 5.41) is 13.7. The number of nitrogens with two attached hydrogens (primary N) is 1. The first kappa shape index (κ1) is 12.5. The Balaban J connectivity index is 2.37. The Bertz CT molecular complexity index is 587. The summed E-state index contributed by atoms with van der Waals surface area (Å²) < 4.78 is 1.06. The number of aromatic nitrogens is 2. The van der Waals surface area contributed by atoms with Crippen molar-refractivity contribution in [3.05, 3.63) is 44.3 Å². The fraction of sp³-hybridized carbons (Fsp3) is 0. The van der Waals surface area contributed by atoms with Gasteiger partial charge in [-0.05, 0) is 46.9 Å². The third-order valence-electron chi connectivity index (χ3n) is 2.14. The van der Waals surface area contributed by atoms with Gasteiger partial charge in [-0.1, -0.05) is 0 Å². The highest BCUT2D eigenvalue weighted by molar-refractivity contribution is 14.1. The number of nitrogens with one attached hydrogen (secondary N) is 1. The van der Waals surface area contributed by atoms with Crippen LogP contribution in [0.2, 0.25) is 0 Å². The van der Waals surface area contributed by atoms with Crippen LogP contribution in [-0.2, 0) is 0 Å². The van der Waals surface area contributed by atoms with Crippen molar-refractivity contribution in [2.75, 3.05) is 11.1 Å². The third-order valence-corrected chi connectivity index (χ3v) is 2.86. The second-order valence-corrected chi connectivity index (χ2v) is 4.59. The molecule has 0 radical (unpaired) electrons. The van der Waals surface area contributed by atoms with Gasteiger partial charge in [0.25, 0.3) is 0 Å². The highest BCUT2D eigenvalue weighted by atomic mass is 127. The molecule has 1 aromatic carbocycles. The van der Waals surface area contributed by atoms with Crippen molar-refractivity contribution in [2.24, 2.45) is 0 Å². The molecule has 18 heavy (non-hydrogen) atoms. The smallest absolute Gasteiger partial charge is 0.353 e. The summed E-state index contributed by atoms with van der Waals surface area (Å²) in [5.74, 6) is -0.0864. The molecule has 0 fully saturated rings. The van der Waals surface area contributed by atoms with Crippen LogP contribution in [-0.4, -0.2) is 14.9 Å². The molecule has 0 aliphatic carbocycles. The summed E-state index contributed by atoms with van der Waals surface area (Å²) in [4.78, 5) is 17.7. The molecule has 8 heteroatoms. The molecule has 1 heterocycles. The van der Waals surface area contributed by atoms with Crippen molar-refractivity contribution in [2.45, 2.75) is 0 Å². The van der Waals surface area contributed by atoms with Crippen molar-refractivity contribution in [1.82, 2.24) is 9.97 Å². The first-order valence-corrected chi connectivity index (χ1v) is 5.93. The Labute approximate surface area is 116 Å². The molecular weight excluding hydrogens is 349 g/mol. The van der Waals surface area contributed by atoms with Crippen LogP contribution in [0.4, 0.5) is 23.0 Å². The number of halogens is 1. The van der Waals surface area contributed by atoms with E-state index in [0.29, 0.717) is 5.69 Å². The standard InChI is InChI=1S/C10H8IN5O2/c11-6-1-3-7(4-2-6)15-10-8(16(17)18)9(12)13-5-14-10/h1-5H,(H3,12,13,14,15). The average Bonchev–Trinajstić information content (AvgIpc) is 2.32. The van der Waals surface area contributed by atoms with Crippen molar-refractivity contribution in [1.29, 1.82) is 0 Å². The number of nitrogen functional groups attached to an aromatic ring is 1. The Hall–Kier alpha value is -1.97. The molecule has 3 N–H and O–H groups in total. The van der Waals surface area contributed by atoms with E-state index in [1.165, 1.54) is 6.33 Å². The lowest BCUT2D eigenvalue weighted by molar-refractivity contribution is -0.383. The predicted molar refractivity (Wildman–Crippen MR) is 75.5 cm³/mol. The van der Waals surface area contributed by atoms with E-state index in [-0.39, 0.29) is 17.3 Å². The van der Waals surface area contributed by atoms with E-state index < -0.39 is 4.92 Å². The molecule has 0 amide bonds. The highest BCUT2D eigenvalue weighted by Gasteiger charge is 2.20. The van der Waals surface area contributed by atoms with Crippen LogP contribution in [0.15, 0.2) is 30.6 Å². The zero-order valence-corrected chi connectivity index (χ0v) is 11.2. The lowest BCUT2D eigenvalue weighted by atomic mass is 10.3. The van der Waals surface area contributed by atoms with Crippen molar-refractivity contribution >= 4 is 45.6 Å². The van der Waals surface area contributed by atoms with E-state index in [9.17, 15) is 10.1 Å². The molecule has 0 saturated carbocycles. The summed E-state index contributed by atoms with van der Waals surface area (Å²) in [6.45, 7) is 0. The first-order chi connectivity index (χ1) is 8.58. The molecular formula is C10H8IN5O2. The molecule has 0 aliphatic rings. The molecule has 0 bridgehead atoms. The second-order valence-electron chi connectivity index (χ2n) is 3.35. The highest BCUT2D eigenvalue weighted by Crippen LogP contribution is 2.28. The van der Waals surface area contributed by atoms with Gasteiger partial charge in [0, 0.05) is 9.26 Å². The maximum Gasteiger partial charge on any atom is 0.353 e. The molecule has 2 aromatic rings. The van der Waals surface area contributed by atoms with Crippen LogP contribution in [0, 0.1) is 13.7 Å². The number of anilines is 3. The van der Waals surface area contributed by atoms with Crippen LogP contribution in [0.25, 0.3) is 0 Å². The number of nitrogens with zero attached hydrogens (tertiary/aromatic N) is 3. The van der Waals surface area contributed by atoms with Gasteiger partial charge in [-0.15, -0.1) is 0 Å². The minimum atomic E-state index is -0.607. The molecule has 0 aliphatic heterocycles. The van der Waals surface area contributed by atoms with E-state index in [2.05, 4.69) is 37.9 Å². The van der Waals surface area contributed by atoms with Gasteiger partial charge in [0.1, 0.15) is 6.33 Å². The Morgan fingerprint density at radius 1 is 1.28 bits per heavy atom. The van der Waals surface area contributed by atoms with Gasteiger partial charge in [0.15, 0.2) is 0 Å². The summed E-state index contributed by atoms with van der Waals surface area (Å²) in [7, 11) is 0. The second kappa shape index (κ2) is 5.12. The molecule has 0 saturated heterocycles. The van der Waals surface area contributed by atoms with Gasteiger partial charge in [0.2, 0.25) is 11.6 Å². The van der Waals surface area contributed by atoms with Gasteiger partial charge < -0.3 is 11.1 Å². The zero-order valence-electron chi connectivity index (χ0n) is 9.00. The summed E-state index contributed by atoms with van der Waals surface area (Å²) >= 11 is 2.17. The van der Waals surface area contributed by atoms with E-state index in [1.807, 2.05) is 12.1 Å². The van der Waals surface area contributed by atoms with Crippen LogP contribution < -0.4 is 11.1 Å². The maximum atomic E-state index is 10.9. The Morgan fingerprint density at radius 2 is 1.94 bits per heavy atom. The van der Waals surface area contributed by atoms with E-state index in [1.54, 1.807) is 12.1 Å². The average molecular weight is 357 g/mol. The van der Waals surface area contributed by atoms with Crippen LogP contribution in [0.1, 0.15) is 0 Å². The first-order valence-electron chi connectivity index (χ1n) is 4.85. The summed E-state index contributed by atoms with van der Waals surface area (Å²) in [5.41, 5.74) is 5.83. The Morgan fingerprint density at radius 3 is 2.56 bits per heavy atom. The molecule has 92 valence electrons. The molecule has 2 rings (SSSR count). The number of rotatable bonds is 3. The van der Waals surface area contributed by atoms with Gasteiger partial charge in [-0.2, -0.15) is 0 Å². The van der Waals surface area contributed by atoms with Gasteiger partial charge in [0.05, 0.1) is 4.92 Å². The Kier molecular flexibility index (Phi) is 3.55. The van der Waals surface area contributed by atoms with Gasteiger partial charge in [-0.25, -0.2) is 9.97 Å². The van der Waals surface area contributed by atoms with E-state index in [4.69, 9.17) is 5.73 Å². The van der Waals surface area contributed by atoms with E-state index in [0.717, 1.165) is 3.57 Å².